The predicted octanol–water partition coefficient (Wildman–Crippen LogP) is 2.25. The summed E-state index contributed by atoms with van der Waals surface area (Å²) in [6.45, 7) is 8.48. The van der Waals surface area contributed by atoms with Gasteiger partial charge in [-0.3, -0.25) is 0 Å². The lowest BCUT2D eigenvalue weighted by Crippen LogP contribution is -2.41. The summed E-state index contributed by atoms with van der Waals surface area (Å²) < 4.78 is 14.8. The zero-order valence-electron chi connectivity index (χ0n) is 13.4. The Labute approximate surface area is 127 Å². The van der Waals surface area contributed by atoms with Gasteiger partial charge in [0.15, 0.2) is 11.6 Å². The van der Waals surface area contributed by atoms with Crippen LogP contribution in [0.3, 0.4) is 0 Å². The Kier molecular flexibility index (Phi) is 5.94. The lowest BCUT2D eigenvalue weighted by Gasteiger charge is -2.31. The van der Waals surface area contributed by atoms with Crippen molar-refractivity contribution in [3.05, 3.63) is 23.6 Å². The van der Waals surface area contributed by atoms with Crippen LogP contribution in [0.25, 0.3) is 0 Å². The van der Waals surface area contributed by atoms with E-state index in [1.54, 1.807) is 12.3 Å². The summed E-state index contributed by atoms with van der Waals surface area (Å²) >= 11 is 0. The highest BCUT2D eigenvalue weighted by atomic mass is 19.1. The molecule has 118 valence electrons. The fourth-order valence-corrected chi connectivity index (χ4v) is 2.94. The van der Waals surface area contributed by atoms with Gasteiger partial charge in [-0.15, -0.1) is 0 Å². The lowest BCUT2D eigenvalue weighted by molar-refractivity contribution is 0.327. The van der Waals surface area contributed by atoms with Gasteiger partial charge in [0.05, 0.1) is 0 Å². The molecule has 1 saturated heterocycles. The van der Waals surface area contributed by atoms with Gasteiger partial charge in [-0.1, -0.05) is 13.8 Å². The van der Waals surface area contributed by atoms with Crippen LogP contribution in [0.1, 0.15) is 32.3 Å². The number of hydrogen-bond donors (Lipinski definition) is 1. The number of rotatable bonds is 5. The molecule has 5 heteroatoms. The molecule has 1 unspecified atom stereocenters. The monoisotopic (exact) mass is 294 g/mol. The third kappa shape index (κ3) is 3.92. The highest BCUT2D eigenvalue weighted by Crippen LogP contribution is 2.24. The first-order valence-electron chi connectivity index (χ1n) is 7.96. The van der Waals surface area contributed by atoms with Crippen LogP contribution in [-0.2, 0) is 6.54 Å². The molecule has 0 aliphatic carbocycles. The molecule has 1 fully saturated rings. The summed E-state index contributed by atoms with van der Waals surface area (Å²) in [7, 11) is 2.14. The maximum atomic E-state index is 14.8. The van der Waals surface area contributed by atoms with Gasteiger partial charge >= 0.3 is 0 Å². The number of hydrogen-bond acceptors (Lipinski definition) is 4. The summed E-state index contributed by atoms with van der Waals surface area (Å²) in [5.74, 6) is 0.356. The predicted molar refractivity (Wildman–Crippen MR) is 85.1 cm³/mol. The highest BCUT2D eigenvalue weighted by Gasteiger charge is 2.26. The Morgan fingerprint density at radius 2 is 2.19 bits per heavy atom. The van der Waals surface area contributed by atoms with Crippen molar-refractivity contribution in [1.82, 2.24) is 15.2 Å². The van der Waals surface area contributed by atoms with Gasteiger partial charge in [0.2, 0.25) is 0 Å². The van der Waals surface area contributed by atoms with Crippen LogP contribution in [0, 0.1) is 5.82 Å². The van der Waals surface area contributed by atoms with E-state index < -0.39 is 0 Å². The molecular formula is C16H27FN4. The molecule has 4 nitrogen and oxygen atoms in total. The van der Waals surface area contributed by atoms with E-state index in [0.29, 0.717) is 24.0 Å². The number of aromatic nitrogens is 1. The molecule has 1 atom stereocenters. The van der Waals surface area contributed by atoms with Crippen molar-refractivity contribution in [3.63, 3.8) is 0 Å². The maximum absolute atomic E-state index is 14.8. The lowest BCUT2D eigenvalue weighted by atomic mass is 10.1. The topological polar surface area (TPSA) is 31.4 Å². The van der Waals surface area contributed by atoms with E-state index in [4.69, 9.17) is 0 Å². The Hall–Kier alpha value is -1.20. The normalized spacial score (nSPS) is 20.6. The number of halogens is 1. The van der Waals surface area contributed by atoms with Crippen molar-refractivity contribution in [2.75, 3.05) is 38.1 Å². The summed E-state index contributed by atoms with van der Waals surface area (Å²) in [6, 6.07) is 2.10. The molecule has 2 heterocycles. The minimum Gasteiger partial charge on any atom is -0.350 e. The van der Waals surface area contributed by atoms with Gasteiger partial charge in [0.25, 0.3) is 0 Å². The molecule has 21 heavy (non-hydrogen) atoms. The standard InChI is InChI=1S/C16H27FN4/c1-4-14-12-20(3)9-6-10-21(14)16-15(17)13(7-8-19-16)11-18-5-2/h7-8,14,18H,4-6,9-12H2,1-3H3. The molecule has 0 amide bonds. The Morgan fingerprint density at radius 3 is 2.90 bits per heavy atom. The smallest absolute Gasteiger partial charge is 0.170 e. The largest absolute Gasteiger partial charge is 0.350 e. The van der Waals surface area contributed by atoms with E-state index in [0.717, 1.165) is 39.0 Å². The summed E-state index contributed by atoms with van der Waals surface area (Å²) in [4.78, 5) is 8.83. The van der Waals surface area contributed by atoms with Crippen LogP contribution < -0.4 is 10.2 Å². The van der Waals surface area contributed by atoms with E-state index in [1.807, 2.05) is 6.92 Å². The molecule has 1 aliphatic rings. The first-order chi connectivity index (χ1) is 10.2. The third-order valence-corrected chi connectivity index (χ3v) is 4.16. The van der Waals surface area contributed by atoms with Crippen LogP contribution in [0.2, 0.25) is 0 Å². The van der Waals surface area contributed by atoms with Crippen molar-refractivity contribution in [2.24, 2.45) is 0 Å². The average Bonchev–Trinajstić information content (AvgIpc) is 2.67. The second kappa shape index (κ2) is 7.71. The van der Waals surface area contributed by atoms with Crippen molar-refractivity contribution >= 4 is 5.82 Å². The quantitative estimate of drug-likeness (QED) is 0.902. The van der Waals surface area contributed by atoms with Crippen LogP contribution in [-0.4, -0.2) is 49.2 Å². The van der Waals surface area contributed by atoms with Crippen molar-refractivity contribution in [1.29, 1.82) is 0 Å². The number of nitrogens with zero attached hydrogens (tertiary/aromatic N) is 3. The van der Waals surface area contributed by atoms with Gasteiger partial charge in [-0.25, -0.2) is 9.37 Å². The van der Waals surface area contributed by atoms with Crippen LogP contribution in [0.5, 0.6) is 0 Å². The van der Waals surface area contributed by atoms with Gasteiger partial charge in [-0.2, -0.15) is 0 Å². The van der Waals surface area contributed by atoms with E-state index in [-0.39, 0.29) is 5.82 Å². The number of anilines is 1. The highest BCUT2D eigenvalue weighted by molar-refractivity contribution is 5.44. The fourth-order valence-electron chi connectivity index (χ4n) is 2.94. The van der Waals surface area contributed by atoms with E-state index in [9.17, 15) is 4.39 Å². The van der Waals surface area contributed by atoms with Gasteiger partial charge in [-0.05, 0) is 39.0 Å². The SMILES string of the molecule is CCNCc1ccnc(N2CCCN(C)CC2CC)c1F. The van der Waals surface area contributed by atoms with Crippen LogP contribution >= 0.6 is 0 Å². The van der Waals surface area contributed by atoms with E-state index in [1.165, 1.54) is 0 Å². The fraction of sp³-hybridized carbons (Fsp3) is 0.688. The van der Waals surface area contributed by atoms with Crippen LogP contribution in [0.15, 0.2) is 12.3 Å². The number of likely N-dealkylation sites (N-methyl/N-ethyl adjacent to an activating group) is 1. The molecule has 0 spiro atoms. The molecule has 0 radical (unpaired) electrons. The molecule has 1 aliphatic heterocycles. The van der Waals surface area contributed by atoms with Gasteiger partial charge in [0.1, 0.15) is 0 Å². The summed E-state index contributed by atoms with van der Waals surface area (Å²) in [6.07, 6.45) is 3.78. The number of nitrogens with one attached hydrogen (secondary N) is 1. The molecule has 1 aromatic heterocycles. The Bertz CT molecular complexity index is 452. The molecule has 1 aromatic rings. The first kappa shape index (κ1) is 16.2. The van der Waals surface area contributed by atoms with Crippen molar-refractivity contribution in [3.8, 4) is 0 Å². The third-order valence-electron chi connectivity index (χ3n) is 4.16. The van der Waals surface area contributed by atoms with E-state index in [2.05, 4.69) is 34.1 Å². The van der Waals surface area contributed by atoms with Gasteiger partial charge in [0, 0.05) is 37.4 Å². The molecular weight excluding hydrogens is 267 g/mol. The zero-order valence-corrected chi connectivity index (χ0v) is 13.4. The molecule has 0 aromatic carbocycles. The van der Waals surface area contributed by atoms with E-state index >= 15 is 0 Å². The van der Waals surface area contributed by atoms with Crippen molar-refractivity contribution < 1.29 is 4.39 Å². The molecule has 0 bridgehead atoms. The molecule has 0 saturated carbocycles. The average molecular weight is 294 g/mol. The summed E-state index contributed by atoms with van der Waals surface area (Å²) in [5.41, 5.74) is 0.703. The molecule has 1 N–H and O–H groups in total. The number of pyridine rings is 1. The second-order valence-corrected chi connectivity index (χ2v) is 5.76. The minimum absolute atomic E-state index is 0.165. The second-order valence-electron chi connectivity index (χ2n) is 5.76. The zero-order chi connectivity index (χ0) is 15.2. The Morgan fingerprint density at radius 1 is 1.38 bits per heavy atom. The first-order valence-corrected chi connectivity index (χ1v) is 7.96. The molecule has 2 rings (SSSR count). The Balaban J connectivity index is 2.26. The van der Waals surface area contributed by atoms with Crippen LogP contribution in [0.4, 0.5) is 10.2 Å². The van der Waals surface area contributed by atoms with Crippen molar-refractivity contribution in [2.45, 2.75) is 39.3 Å². The minimum atomic E-state index is -0.165. The van der Waals surface area contributed by atoms with Gasteiger partial charge < -0.3 is 15.1 Å². The summed E-state index contributed by atoms with van der Waals surface area (Å²) in [5, 5.41) is 3.19. The maximum Gasteiger partial charge on any atom is 0.170 e.